The van der Waals surface area contributed by atoms with E-state index >= 15 is 4.57 Å². The highest BCUT2D eigenvalue weighted by atomic mass is 31.2. The van der Waals surface area contributed by atoms with Crippen molar-refractivity contribution < 1.29 is 8.98 Å². The smallest absolute Gasteiger partial charge is 0.171 e. The van der Waals surface area contributed by atoms with Crippen molar-refractivity contribution in [2.24, 2.45) is 0 Å². The zero-order valence-corrected chi connectivity index (χ0v) is 30.6. The van der Waals surface area contributed by atoms with Crippen molar-refractivity contribution in [1.29, 1.82) is 0 Å². The summed E-state index contributed by atoms with van der Waals surface area (Å²) in [4.78, 5) is 0. The summed E-state index contributed by atoms with van der Waals surface area (Å²) in [7, 11) is -3.46. The number of hydrogen-bond acceptors (Lipinski definition) is 2. The maximum atomic E-state index is 16.5. The van der Waals surface area contributed by atoms with Crippen molar-refractivity contribution >= 4 is 120 Å². The van der Waals surface area contributed by atoms with Crippen LogP contribution in [0.4, 0.5) is 0 Å². The Morgan fingerprint density at radius 3 is 1.20 bits per heavy atom. The Labute approximate surface area is 316 Å². The Kier molecular flexibility index (Phi) is 6.36. The third-order valence-corrected chi connectivity index (χ3v) is 14.9. The normalized spacial score (nSPS) is 12.4. The molecule has 256 valence electrons. The van der Waals surface area contributed by atoms with Gasteiger partial charge in [0.2, 0.25) is 0 Å². The van der Waals surface area contributed by atoms with Crippen LogP contribution in [-0.2, 0) is 4.57 Å². The molecule has 0 fully saturated rings. The van der Waals surface area contributed by atoms with E-state index in [1.54, 1.807) is 0 Å². The third-order valence-electron chi connectivity index (χ3n) is 11.9. The summed E-state index contributed by atoms with van der Waals surface area (Å²) in [5.41, 5.74) is 1.55. The second kappa shape index (κ2) is 11.4. The first-order valence-electron chi connectivity index (χ1n) is 18.8. The molecule has 55 heavy (non-hydrogen) atoms. The molecular formula is C52H31O2P. The molecule has 0 bridgehead atoms. The fourth-order valence-corrected chi connectivity index (χ4v) is 11.8. The van der Waals surface area contributed by atoms with E-state index in [0.29, 0.717) is 0 Å². The zero-order valence-electron chi connectivity index (χ0n) is 29.7. The lowest BCUT2D eigenvalue weighted by Gasteiger charge is -2.21. The summed E-state index contributed by atoms with van der Waals surface area (Å²) >= 11 is 0. The molecule has 0 aliphatic heterocycles. The molecule has 1 aromatic heterocycles. The molecule has 3 heteroatoms. The van der Waals surface area contributed by atoms with Crippen LogP contribution < -0.4 is 15.9 Å². The van der Waals surface area contributed by atoms with Gasteiger partial charge in [0, 0.05) is 26.7 Å². The molecule has 0 saturated carbocycles. The van der Waals surface area contributed by atoms with Gasteiger partial charge >= 0.3 is 0 Å². The lowest BCUT2D eigenvalue weighted by molar-refractivity contribution is 0.592. The Morgan fingerprint density at radius 1 is 0.273 bits per heavy atom. The largest absolute Gasteiger partial charge is 0.456 e. The van der Waals surface area contributed by atoms with Gasteiger partial charge in [0.25, 0.3) is 0 Å². The van der Waals surface area contributed by atoms with Crippen LogP contribution in [0.3, 0.4) is 0 Å². The summed E-state index contributed by atoms with van der Waals surface area (Å²) in [6.07, 6.45) is 0. The molecular weight excluding hydrogens is 688 g/mol. The zero-order chi connectivity index (χ0) is 36.3. The van der Waals surface area contributed by atoms with Gasteiger partial charge in [0.05, 0.1) is 0 Å². The van der Waals surface area contributed by atoms with Crippen molar-refractivity contribution in [2.75, 3.05) is 0 Å². The second-order valence-electron chi connectivity index (χ2n) is 14.8. The summed E-state index contributed by atoms with van der Waals surface area (Å²) in [5.74, 6) is 0. The topological polar surface area (TPSA) is 30.2 Å². The monoisotopic (exact) mass is 718 g/mol. The Balaban J connectivity index is 1.14. The molecule has 0 amide bonds. The molecule has 0 spiro atoms. The maximum Gasteiger partial charge on any atom is 0.171 e. The van der Waals surface area contributed by atoms with Gasteiger partial charge in [-0.2, -0.15) is 0 Å². The molecule has 12 rings (SSSR count). The van der Waals surface area contributed by atoms with Gasteiger partial charge < -0.3 is 8.98 Å². The standard InChI is InChI=1S/C52H31O2P/c53-55(36-23-21-34-19-17-32-9-1-3-11-39(32)46(34)27-36,37-24-22-35-20-18-33-10-2-4-12-40(33)47(35)28-37)38-25-26-45-50-30-48-43-15-7-5-13-41(43)42-14-6-8-16-44(42)49(48)31-52(50)54-51(45)29-38/h1-31H. The third kappa shape index (κ3) is 4.41. The summed E-state index contributed by atoms with van der Waals surface area (Å²) in [6.45, 7) is 0. The highest BCUT2D eigenvalue weighted by Crippen LogP contribution is 2.46. The predicted octanol–water partition coefficient (Wildman–Crippen LogP) is 13.3. The Morgan fingerprint density at radius 2 is 0.655 bits per heavy atom. The molecule has 0 radical (unpaired) electrons. The first kappa shape index (κ1) is 30.7. The fraction of sp³-hybridized carbons (Fsp3) is 0. The van der Waals surface area contributed by atoms with Crippen molar-refractivity contribution in [2.45, 2.75) is 0 Å². The molecule has 12 aromatic rings. The van der Waals surface area contributed by atoms with Crippen LogP contribution in [-0.4, -0.2) is 0 Å². The minimum atomic E-state index is -3.46. The van der Waals surface area contributed by atoms with E-state index in [1.807, 2.05) is 6.07 Å². The van der Waals surface area contributed by atoms with E-state index in [0.717, 1.165) is 80.9 Å². The van der Waals surface area contributed by atoms with E-state index in [1.165, 1.54) is 32.3 Å². The maximum absolute atomic E-state index is 16.5. The molecule has 0 saturated heterocycles. The van der Waals surface area contributed by atoms with Crippen molar-refractivity contribution in [3.05, 3.63) is 188 Å². The van der Waals surface area contributed by atoms with Crippen LogP contribution in [0.15, 0.2) is 192 Å². The summed E-state index contributed by atoms with van der Waals surface area (Å²) in [5, 5.41) is 20.8. The molecule has 2 nitrogen and oxygen atoms in total. The molecule has 0 aliphatic rings. The summed E-state index contributed by atoms with van der Waals surface area (Å²) in [6, 6.07) is 66.2. The van der Waals surface area contributed by atoms with Gasteiger partial charge in [-0.15, -0.1) is 0 Å². The van der Waals surface area contributed by atoms with Gasteiger partial charge in [-0.25, -0.2) is 0 Å². The van der Waals surface area contributed by atoms with Gasteiger partial charge in [-0.05, 0) is 118 Å². The fourth-order valence-electron chi connectivity index (χ4n) is 9.18. The molecule has 0 atom stereocenters. The molecule has 0 unspecified atom stereocenters. The van der Waals surface area contributed by atoms with Gasteiger partial charge in [-0.3, -0.25) is 0 Å². The minimum Gasteiger partial charge on any atom is -0.456 e. The van der Waals surface area contributed by atoms with Gasteiger partial charge in [-0.1, -0.05) is 146 Å². The van der Waals surface area contributed by atoms with E-state index in [9.17, 15) is 0 Å². The van der Waals surface area contributed by atoms with E-state index in [2.05, 4.69) is 182 Å². The van der Waals surface area contributed by atoms with Crippen molar-refractivity contribution in [3.63, 3.8) is 0 Å². The van der Waals surface area contributed by atoms with Crippen LogP contribution in [0.25, 0.3) is 97.3 Å². The number of fused-ring (bicyclic) bond motifs is 15. The van der Waals surface area contributed by atoms with E-state index < -0.39 is 7.14 Å². The highest BCUT2D eigenvalue weighted by molar-refractivity contribution is 7.85. The molecule has 1 heterocycles. The number of hydrogen-bond donors (Lipinski definition) is 0. The lowest BCUT2D eigenvalue weighted by Crippen LogP contribution is -2.25. The average Bonchev–Trinajstić information content (AvgIpc) is 3.62. The van der Waals surface area contributed by atoms with E-state index in [4.69, 9.17) is 4.42 Å². The molecule has 0 N–H and O–H groups in total. The quantitative estimate of drug-likeness (QED) is 0.134. The highest BCUT2D eigenvalue weighted by Gasteiger charge is 2.32. The average molecular weight is 719 g/mol. The first-order valence-corrected chi connectivity index (χ1v) is 20.5. The van der Waals surface area contributed by atoms with Crippen LogP contribution in [0.5, 0.6) is 0 Å². The van der Waals surface area contributed by atoms with Crippen LogP contribution in [0, 0.1) is 0 Å². The predicted molar refractivity (Wildman–Crippen MR) is 236 cm³/mol. The number of benzene rings is 11. The van der Waals surface area contributed by atoms with Crippen molar-refractivity contribution in [1.82, 2.24) is 0 Å². The number of rotatable bonds is 3. The van der Waals surface area contributed by atoms with Gasteiger partial charge in [0.15, 0.2) is 7.14 Å². The van der Waals surface area contributed by atoms with Crippen molar-refractivity contribution in [3.8, 4) is 0 Å². The Bertz CT molecular complexity index is 3530. The lowest BCUT2D eigenvalue weighted by atomic mass is 9.93. The SMILES string of the molecule is O=P(c1ccc2c(c1)oc1cc3c4ccccc4c4ccccc4c3cc12)(c1ccc2ccc3ccccc3c2c1)c1ccc2ccc3ccccc3c2c1. The second-order valence-corrected chi connectivity index (χ2v) is 17.5. The van der Waals surface area contributed by atoms with Crippen LogP contribution in [0.2, 0.25) is 0 Å². The molecule has 11 aromatic carbocycles. The van der Waals surface area contributed by atoms with E-state index in [-0.39, 0.29) is 0 Å². The summed E-state index contributed by atoms with van der Waals surface area (Å²) < 4.78 is 23.2. The number of furan rings is 1. The van der Waals surface area contributed by atoms with Crippen LogP contribution >= 0.6 is 7.14 Å². The van der Waals surface area contributed by atoms with Crippen LogP contribution in [0.1, 0.15) is 0 Å². The minimum absolute atomic E-state index is 0.731. The Hall–Kier alpha value is -6.73. The first-order chi connectivity index (χ1) is 27.1. The molecule has 0 aliphatic carbocycles. The van der Waals surface area contributed by atoms with Gasteiger partial charge in [0.1, 0.15) is 11.2 Å².